The summed E-state index contributed by atoms with van der Waals surface area (Å²) in [6.07, 6.45) is 4.73. The molecule has 3 fully saturated rings. The Bertz CT molecular complexity index is 588. The van der Waals surface area contributed by atoms with Crippen molar-refractivity contribution in [1.82, 2.24) is 9.80 Å². The molecule has 1 aromatic rings. The smallest absolute Gasteiger partial charge is 0.248 e. The highest BCUT2D eigenvalue weighted by atomic mass is 16.5. The number of morpholine rings is 1. The number of fused-ring (bicyclic) bond motifs is 1. The maximum Gasteiger partial charge on any atom is 0.248 e. The van der Waals surface area contributed by atoms with Gasteiger partial charge in [-0.2, -0.15) is 0 Å². The Morgan fingerprint density at radius 2 is 1.92 bits per heavy atom. The van der Waals surface area contributed by atoms with Crippen LogP contribution in [0.15, 0.2) is 30.3 Å². The van der Waals surface area contributed by atoms with E-state index in [9.17, 15) is 4.79 Å². The van der Waals surface area contributed by atoms with Crippen molar-refractivity contribution in [3.05, 3.63) is 35.9 Å². The van der Waals surface area contributed by atoms with Gasteiger partial charge in [0.05, 0.1) is 19.3 Å². The molecule has 5 heteroatoms. The molecule has 0 bridgehead atoms. The number of carbonyl (C=O) groups is 1. The van der Waals surface area contributed by atoms with Crippen LogP contribution >= 0.6 is 0 Å². The first-order valence-corrected chi connectivity index (χ1v) is 10.0. The minimum Gasteiger partial charge on any atom is -0.375 e. The average Bonchev–Trinajstić information content (AvgIpc) is 3.33. The van der Waals surface area contributed by atoms with Gasteiger partial charge < -0.3 is 14.4 Å². The second-order valence-corrected chi connectivity index (χ2v) is 7.87. The quantitative estimate of drug-likeness (QED) is 0.783. The van der Waals surface area contributed by atoms with E-state index in [2.05, 4.69) is 35.2 Å². The highest BCUT2D eigenvalue weighted by Gasteiger charge is 2.41. The van der Waals surface area contributed by atoms with E-state index >= 15 is 0 Å². The number of nitrogens with zero attached hydrogens (tertiary/aromatic N) is 2. The molecule has 3 atom stereocenters. The lowest BCUT2D eigenvalue weighted by molar-refractivity contribution is -0.135. The summed E-state index contributed by atoms with van der Waals surface area (Å²) in [5.41, 5.74) is 1.36. The van der Waals surface area contributed by atoms with E-state index in [0.717, 1.165) is 58.5 Å². The van der Waals surface area contributed by atoms with Gasteiger partial charge in [0.1, 0.15) is 6.61 Å². The molecule has 5 nitrogen and oxygen atoms in total. The fourth-order valence-electron chi connectivity index (χ4n) is 4.65. The van der Waals surface area contributed by atoms with E-state index in [0.29, 0.717) is 24.7 Å². The molecular weight excluding hydrogens is 328 g/mol. The third-order valence-corrected chi connectivity index (χ3v) is 6.02. The van der Waals surface area contributed by atoms with Crippen LogP contribution < -0.4 is 0 Å². The lowest BCUT2D eigenvalue weighted by Crippen LogP contribution is -2.47. The number of benzene rings is 1. The summed E-state index contributed by atoms with van der Waals surface area (Å²) in [7, 11) is 0. The zero-order chi connectivity index (χ0) is 17.8. The molecule has 2 heterocycles. The normalized spacial score (nSPS) is 29.1. The molecule has 1 aliphatic carbocycles. The van der Waals surface area contributed by atoms with Crippen LogP contribution in [0.1, 0.15) is 31.2 Å². The summed E-state index contributed by atoms with van der Waals surface area (Å²) < 4.78 is 11.8. The molecular formula is C21H30N2O3. The zero-order valence-electron chi connectivity index (χ0n) is 15.5. The zero-order valence-corrected chi connectivity index (χ0v) is 15.5. The van der Waals surface area contributed by atoms with Gasteiger partial charge >= 0.3 is 0 Å². The summed E-state index contributed by atoms with van der Waals surface area (Å²) in [6.45, 7) is 5.52. The van der Waals surface area contributed by atoms with Crippen LogP contribution in [0.3, 0.4) is 0 Å². The largest absolute Gasteiger partial charge is 0.375 e. The molecule has 2 aliphatic heterocycles. The Kier molecular flexibility index (Phi) is 5.88. The molecule has 0 N–H and O–H groups in total. The average molecular weight is 358 g/mol. The molecule has 4 rings (SSSR count). The van der Waals surface area contributed by atoms with Gasteiger partial charge in [-0.1, -0.05) is 30.3 Å². The Balaban J connectivity index is 1.25. The molecule has 0 spiro atoms. The third kappa shape index (κ3) is 4.27. The summed E-state index contributed by atoms with van der Waals surface area (Å²) in [5.74, 6) is 0.646. The number of hydrogen-bond donors (Lipinski definition) is 0. The predicted octanol–water partition coefficient (Wildman–Crippen LogP) is 2.30. The van der Waals surface area contributed by atoms with Crippen molar-refractivity contribution < 1.29 is 14.3 Å². The Labute approximate surface area is 156 Å². The SMILES string of the molecule is O=C(COC[C@H]1C[C@@H]2OCCN(Cc3ccccc3)[C@H]2C1)N1CCCC1. The molecule has 0 radical (unpaired) electrons. The summed E-state index contributed by atoms with van der Waals surface area (Å²) >= 11 is 0. The van der Waals surface area contributed by atoms with E-state index < -0.39 is 0 Å². The van der Waals surface area contributed by atoms with E-state index in [1.807, 2.05) is 4.90 Å². The molecule has 1 amide bonds. The number of hydrogen-bond acceptors (Lipinski definition) is 4. The maximum atomic E-state index is 12.1. The van der Waals surface area contributed by atoms with Crippen LogP contribution in [-0.2, 0) is 20.8 Å². The van der Waals surface area contributed by atoms with Crippen LogP contribution in [0, 0.1) is 5.92 Å². The van der Waals surface area contributed by atoms with Gasteiger partial charge in [0.25, 0.3) is 0 Å². The van der Waals surface area contributed by atoms with E-state index in [4.69, 9.17) is 9.47 Å². The predicted molar refractivity (Wildman–Crippen MR) is 99.7 cm³/mol. The summed E-state index contributed by atoms with van der Waals surface area (Å²) in [6, 6.07) is 11.2. The minimum absolute atomic E-state index is 0.153. The van der Waals surface area contributed by atoms with Gasteiger partial charge in [0.2, 0.25) is 5.91 Å². The van der Waals surface area contributed by atoms with Crippen molar-refractivity contribution in [3.63, 3.8) is 0 Å². The molecule has 142 valence electrons. The van der Waals surface area contributed by atoms with Gasteiger partial charge in [-0.25, -0.2) is 0 Å². The highest BCUT2D eigenvalue weighted by Crippen LogP contribution is 2.35. The van der Waals surface area contributed by atoms with Gasteiger partial charge in [-0.3, -0.25) is 9.69 Å². The minimum atomic E-state index is 0.153. The number of amides is 1. The van der Waals surface area contributed by atoms with Crippen LogP contribution in [0.4, 0.5) is 0 Å². The Hall–Kier alpha value is -1.43. The third-order valence-electron chi connectivity index (χ3n) is 6.02. The molecule has 1 saturated carbocycles. The van der Waals surface area contributed by atoms with Crippen LogP contribution in [0.5, 0.6) is 0 Å². The fourth-order valence-corrected chi connectivity index (χ4v) is 4.65. The molecule has 26 heavy (non-hydrogen) atoms. The molecule has 0 aromatic heterocycles. The fraction of sp³-hybridized carbons (Fsp3) is 0.667. The topological polar surface area (TPSA) is 42.0 Å². The first kappa shape index (κ1) is 18.0. The Morgan fingerprint density at radius 1 is 1.12 bits per heavy atom. The van der Waals surface area contributed by atoms with Crippen molar-refractivity contribution in [3.8, 4) is 0 Å². The summed E-state index contributed by atoms with van der Waals surface area (Å²) in [5, 5.41) is 0. The number of ether oxygens (including phenoxy) is 2. The lowest BCUT2D eigenvalue weighted by atomic mass is 10.1. The van der Waals surface area contributed by atoms with Crippen LogP contribution in [0.25, 0.3) is 0 Å². The van der Waals surface area contributed by atoms with Crippen molar-refractivity contribution >= 4 is 5.91 Å². The number of likely N-dealkylation sites (tertiary alicyclic amines) is 1. The van der Waals surface area contributed by atoms with E-state index in [-0.39, 0.29) is 12.5 Å². The molecule has 2 saturated heterocycles. The van der Waals surface area contributed by atoms with Gasteiger partial charge in [0.15, 0.2) is 0 Å². The number of rotatable bonds is 6. The standard InChI is InChI=1S/C21H30N2O3/c24-21(22-8-4-5-9-22)16-25-15-18-12-19-20(13-18)26-11-10-23(19)14-17-6-2-1-3-7-17/h1-3,6-7,18-20H,4-5,8-16H2/t18-,19+,20+/m1/s1. The summed E-state index contributed by atoms with van der Waals surface area (Å²) in [4.78, 5) is 16.6. The molecule has 3 aliphatic rings. The second kappa shape index (κ2) is 8.51. The molecule has 1 aromatic carbocycles. The van der Waals surface area contributed by atoms with Crippen molar-refractivity contribution in [1.29, 1.82) is 0 Å². The molecule has 0 unspecified atom stereocenters. The first-order valence-electron chi connectivity index (χ1n) is 10.0. The van der Waals surface area contributed by atoms with Gasteiger partial charge in [0, 0.05) is 32.2 Å². The second-order valence-electron chi connectivity index (χ2n) is 7.87. The van der Waals surface area contributed by atoms with Gasteiger partial charge in [-0.15, -0.1) is 0 Å². The van der Waals surface area contributed by atoms with Crippen molar-refractivity contribution in [2.24, 2.45) is 5.92 Å². The first-order chi connectivity index (χ1) is 12.8. The number of carbonyl (C=O) groups excluding carboxylic acids is 1. The Morgan fingerprint density at radius 3 is 2.73 bits per heavy atom. The van der Waals surface area contributed by atoms with E-state index in [1.54, 1.807) is 0 Å². The monoisotopic (exact) mass is 358 g/mol. The van der Waals surface area contributed by atoms with Gasteiger partial charge in [-0.05, 0) is 37.2 Å². The van der Waals surface area contributed by atoms with E-state index in [1.165, 1.54) is 5.56 Å². The van der Waals surface area contributed by atoms with Crippen LogP contribution in [0.2, 0.25) is 0 Å². The lowest BCUT2D eigenvalue weighted by Gasteiger charge is -2.37. The van der Waals surface area contributed by atoms with Crippen LogP contribution in [-0.4, -0.2) is 67.3 Å². The van der Waals surface area contributed by atoms with Crippen molar-refractivity contribution in [2.75, 3.05) is 39.5 Å². The van der Waals surface area contributed by atoms with Crippen molar-refractivity contribution in [2.45, 2.75) is 44.4 Å². The highest BCUT2D eigenvalue weighted by molar-refractivity contribution is 5.77. The maximum absolute atomic E-state index is 12.1.